The summed E-state index contributed by atoms with van der Waals surface area (Å²) in [6.45, 7) is 1.94. The summed E-state index contributed by atoms with van der Waals surface area (Å²) in [6, 6.07) is 33.8. The van der Waals surface area contributed by atoms with Gasteiger partial charge >= 0.3 is 0 Å². The average molecular weight is 467 g/mol. The highest BCUT2D eigenvalue weighted by atomic mass is 14.9. The molecule has 0 N–H and O–H groups in total. The van der Waals surface area contributed by atoms with Crippen molar-refractivity contribution in [3.05, 3.63) is 121 Å². The molecule has 0 amide bonds. The fourth-order valence-corrected chi connectivity index (χ4v) is 4.51. The van der Waals surface area contributed by atoms with Gasteiger partial charge in [-0.05, 0) is 42.5 Å². The van der Waals surface area contributed by atoms with E-state index in [0.29, 0.717) is 0 Å². The Bertz CT molecular complexity index is 1480. The van der Waals surface area contributed by atoms with Crippen molar-refractivity contribution in [3.8, 4) is 23.7 Å². The van der Waals surface area contributed by atoms with Crippen molar-refractivity contribution in [2.75, 3.05) is 0 Å². The zero-order chi connectivity index (χ0) is 24.4. The molecule has 2 nitrogen and oxygen atoms in total. The molecular weight excluding hydrogens is 436 g/mol. The highest BCUT2D eigenvalue weighted by Crippen LogP contribution is 2.09. The molecule has 2 aromatic heterocycles. The first-order valence-corrected chi connectivity index (χ1v) is 12.7. The van der Waals surface area contributed by atoms with E-state index in [1.54, 1.807) is 0 Å². The van der Waals surface area contributed by atoms with Crippen LogP contribution in [0.2, 0.25) is 0 Å². The van der Waals surface area contributed by atoms with Gasteiger partial charge in [-0.2, -0.15) is 9.13 Å². The van der Waals surface area contributed by atoms with Crippen molar-refractivity contribution in [2.24, 2.45) is 0 Å². The van der Waals surface area contributed by atoms with Crippen LogP contribution in [0.5, 0.6) is 0 Å². The van der Waals surface area contributed by atoms with Gasteiger partial charge in [0.1, 0.15) is 13.1 Å². The van der Waals surface area contributed by atoms with Gasteiger partial charge in [0.25, 0.3) is 0 Å². The maximum atomic E-state index is 3.34. The first-order valence-electron chi connectivity index (χ1n) is 12.7. The third kappa shape index (κ3) is 5.99. The molecule has 3 aromatic carbocycles. The van der Waals surface area contributed by atoms with Gasteiger partial charge < -0.3 is 0 Å². The Kier molecular flexibility index (Phi) is 7.67. The van der Waals surface area contributed by atoms with E-state index in [2.05, 4.69) is 136 Å². The summed E-state index contributed by atoms with van der Waals surface area (Å²) in [6.07, 6.45) is 8.10. The van der Waals surface area contributed by atoms with Crippen LogP contribution in [0.3, 0.4) is 0 Å². The summed E-state index contributed by atoms with van der Waals surface area (Å²) < 4.78 is 4.62. The smallest absolute Gasteiger partial charge is 0.198 e. The molecule has 0 aliphatic heterocycles. The Hall–Kier alpha value is -4.40. The zero-order valence-corrected chi connectivity index (χ0v) is 20.5. The number of para-hydroxylation sites is 2. The lowest BCUT2D eigenvalue weighted by Gasteiger charge is -1.99. The number of hydrogen-bond donors (Lipinski definition) is 0. The first-order chi connectivity index (χ1) is 17.9. The van der Waals surface area contributed by atoms with Crippen molar-refractivity contribution in [3.63, 3.8) is 0 Å². The minimum Gasteiger partial charge on any atom is -0.198 e. The van der Waals surface area contributed by atoms with Crippen LogP contribution in [0.1, 0.15) is 36.8 Å². The third-order valence-electron chi connectivity index (χ3n) is 6.31. The molecule has 0 radical (unpaired) electrons. The maximum absolute atomic E-state index is 3.34. The van der Waals surface area contributed by atoms with Gasteiger partial charge in [-0.3, -0.25) is 0 Å². The Morgan fingerprint density at radius 3 is 1.50 bits per heavy atom. The van der Waals surface area contributed by atoms with Gasteiger partial charge in [0.15, 0.2) is 12.4 Å². The normalized spacial score (nSPS) is 10.4. The van der Waals surface area contributed by atoms with Crippen molar-refractivity contribution >= 4 is 21.8 Å². The zero-order valence-electron chi connectivity index (χ0n) is 20.5. The molecular formula is C34H30N2+2. The Labute approximate surface area is 213 Å². The molecule has 0 fully saturated rings. The number of rotatable bonds is 6. The molecule has 0 spiro atoms. The molecule has 174 valence electrons. The minimum atomic E-state index is 0.873. The van der Waals surface area contributed by atoms with E-state index >= 15 is 0 Å². The van der Waals surface area contributed by atoms with Crippen molar-refractivity contribution in [1.29, 1.82) is 0 Å². The second-order valence-corrected chi connectivity index (χ2v) is 8.91. The second-order valence-electron chi connectivity index (χ2n) is 8.91. The van der Waals surface area contributed by atoms with Crippen LogP contribution in [-0.4, -0.2) is 0 Å². The van der Waals surface area contributed by atoms with Gasteiger partial charge in [0.05, 0.1) is 0 Å². The fraction of sp³-hybridized carbons (Fsp3) is 0.176. The largest absolute Gasteiger partial charge is 0.212 e. The molecule has 36 heavy (non-hydrogen) atoms. The van der Waals surface area contributed by atoms with E-state index in [9.17, 15) is 0 Å². The van der Waals surface area contributed by atoms with Crippen LogP contribution in [-0.2, 0) is 13.1 Å². The van der Waals surface area contributed by atoms with Gasteiger partial charge in [-0.1, -0.05) is 54.0 Å². The predicted octanol–water partition coefficient (Wildman–Crippen LogP) is 6.23. The quantitative estimate of drug-likeness (QED) is 0.159. The maximum Gasteiger partial charge on any atom is 0.212 e. The van der Waals surface area contributed by atoms with E-state index < -0.39 is 0 Å². The van der Waals surface area contributed by atoms with E-state index in [-0.39, 0.29) is 0 Å². The molecule has 2 heteroatoms. The highest BCUT2D eigenvalue weighted by molar-refractivity contribution is 5.75. The van der Waals surface area contributed by atoms with Crippen LogP contribution in [0.4, 0.5) is 0 Å². The molecule has 0 atom stereocenters. The van der Waals surface area contributed by atoms with E-state index in [4.69, 9.17) is 0 Å². The Balaban J connectivity index is 1.11. The summed E-state index contributed by atoms with van der Waals surface area (Å²) in [7, 11) is 0. The Morgan fingerprint density at radius 1 is 0.500 bits per heavy atom. The lowest BCUT2D eigenvalue weighted by Crippen LogP contribution is -2.33. The monoisotopic (exact) mass is 466 g/mol. The number of nitrogens with zero attached hydrogens (tertiary/aromatic N) is 2. The van der Waals surface area contributed by atoms with Crippen LogP contribution < -0.4 is 9.13 Å². The summed E-state index contributed by atoms with van der Waals surface area (Å²) in [5, 5.41) is 2.55. The van der Waals surface area contributed by atoms with E-state index in [0.717, 1.165) is 49.9 Å². The number of aromatic nitrogens is 2. The highest BCUT2D eigenvalue weighted by Gasteiger charge is 2.07. The summed E-state index contributed by atoms with van der Waals surface area (Å²) in [5.74, 6) is 13.3. The number of pyridine rings is 2. The molecule has 0 saturated carbocycles. The molecule has 0 unspecified atom stereocenters. The fourth-order valence-electron chi connectivity index (χ4n) is 4.51. The lowest BCUT2D eigenvalue weighted by molar-refractivity contribution is -0.671. The van der Waals surface area contributed by atoms with Gasteiger partial charge in [0.2, 0.25) is 11.0 Å². The predicted molar refractivity (Wildman–Crippen MR) is 147 cm³/mol. The molecule has 0 bridgehead atoms. The lowest BCUT2D eigenvalue weighted by atomic mass is 10.1. The molecule has 5 aromatic rings. The molecule has 0 aliphatic rings. The first kappa shape index (κ1) is 23.3. The molecule has 0 aliphatic carbocycles. The third-order valence-corrected chi connectivity index (χ3v) is 6.31. The summed E-state index contributed by atoms with van der Waals surface area (Å²) in [5.41, 5.74) is 4.61. The van der Waals surface area contributed by atoms with Crippen molar-refractivity contribution in [1.82, 2.24) is 0 Å². The number of hydrogen-bond acceptors (Lipinski definition) is 0. The van der Waals surface area contributed by atoms with Gasteiger partial charge in [0, 0.05) is 71.8 Å². The van der Waals surface area contributed by atoms with Crippen LogP contribution in [0, 0.1) is 23.7 Å². The number of aryl methyl sites for hydroxylation is 2. The summed E-state index contributed by atoms with van der Waals surface area (Å²) >= 11 is 0. The molecule has 2 heterocycles. The van der Waals surface area contributed by atoms with Crippen LogP contribution in [0.25, 0.3) is 21.8 Å². The van der Waals surface area contributed by atoms with E-state index in [1.807, 2.05) is 6.07 Å². The second kappa shape index (κ2) is 11.8. The van der Waals surface area contributed by atoms with Gasteiger partial charge in [-0.25, -0.2) is 0 Å². The number of unbranched alkanes of at least 4 members (excludes halogenated alkanes) is 2. The topological polar surface area (TPSA) is 7.76 Å². The Morgan fingerprint density at radius 2 is 0.972 bits per heavy atom. The molecule has 5 rings (SSSR count). The molecule has 0 saturated heterocycles. The van der Waals surface area contributed by atoms with E-state index in [1.165, 1.54) is 21.8 Å². The summed E-state index contributed by atoms with van der Waals surface area (Å²) in [4.78, 5) is 0. The van der Waals surface area contributed by atoms with Gasteiger partial charge in [-0.15, -0.1) is 0 Å². The SMILES string of the molecule is C(#Cc1cccc(C#CCCC[n+]2cccc3ccccc32)c1)CCC[n+]1cccc2ccccc21. The van der Waals surface area contributed by atoms with Crippen LogP contribution in [0.15, 0.2) is 109 Å². The minimum absolute atomic E-state index is 0.873. The van der Waals surface area contributed by atoms with Crippen LogP contribution >= 0.6 is 0 Å². The van der Waals surface area contributed by atoms with Crippen molar-refractivity contribution < 1.29 is 9.13 Å². The van der Waals surface area contributed by atoms with Crippen molar-refractivity contribution in [2.45, 2.75) is 38.8 Å². The number of fused-ring (bicyclic) bond motifs is 2. The number of benzene rings is 3. The average Bonchev–Trinajstić information content (AvgIpc) is 2.93. The standard InChI is InChI=1S/C34H30N2/c1(9-24-35-26-12-20-31-18-5-7-22-33(31)35)3-14-29-16-11-17-30(28-29)15-4-2-10-25-36-27-13-21-32-19-6-8-23-34(32)36/h5-8,11-13,16-23,26-28H,1-2,9-10,24-25H2/q+2.